The monoisotopic (exact) mass is 552 g/mol. The molecule has 190 valence electrons. The normalized spacial score (nSPS) is 13.4. The molecule has 8 heteroatoms. The van der Waals surface area contributed by atoms with Crippen LogP contribution in [0.15, 0.2) is 66.7 Å². The molecular weight excluding hydrogens is 523 g/mol. The Morgan fingerprint density at radius 3 is 2.29 bits per heavy atom. The number of carbonyl (C=O) groups excluding carboxylic acids is 1. The first-order valence-corrected chi connectivity index (χ1v) is 13.2. The molecule has 0 aliphatic carbocycles. The minimum absolute atomic E-state index is 0. The molecule has 1 aliphatic rings. The van der Waals surface area contributed by atoms with E-state index in [1.807, 2.05) is 47.4 Å². The maximum atomic E-state index is 13.4. The Balaban J connectivity index is 0.00000336. The van der Waals surface area contributed by atoms with Gasteiger partial charge in [0.05, 0.1) is 22.4 Å². The molecule has 1 saturated heterocycles. The predicted molar refractivity (Wildman–Crippen MR) is 147 cm³/mol. The summed E-state index contributed by atoms with van der Waals surface area (Å²) in [4.78, 5) is 27.4. The Morgan fingerprint density at radius 1 is 0.895 bits per heavy atom. The number of benzene rings is 3. The Labute approximate surface area is 271 Å². The molecule has 3 aromatic carbocycles. The van der Waals surface area contributed by atoms with Gasteiger partial charge in [0.1, 0.15) is 0 Å². The molecule has 0 bridgehead atoms. The zero-order chi connectivity index (χ0) is 25.8. The maximum Gasteiger partial charge on any atom is 1.00 e. The molecule has 1 fully saturated rings. The van der Waals surface area contributed by atoms with E-state index in [2.05, 4.69) is 36.1 Å². The van der Waals surface area contributed by atoms with Crippen molar-refractivity contribution in [1.82, 2.24) is 14.9 Å². The number of unbranched alkanes of at least 4 members (excludes halogenated alkanes) is 1. The fourth-order valence-electron chi connectivity index (χ4n) is 4.74. The third-order valence-corrected chi connectivity index (χ3v) is 7.13. The van der Waals surface area contributed by atoms with E-state index in [0.717, 1.165) is 42.0 Å². The van der Waals surface area contributed by atoms with Gasteiger partial charge < -0.3 is 14.9 Å². The first kappa shape index (κ1) is 29.1. The summed E-state index contributed by atoms with van der Waals surface area (Å²) in [5, 5.41) is 11.7. The Bertz CT molecular complexity index is 1390. The van der Waals surface area contributed by atoms with Gasteiger partial charge in [0.2, 0.25) is 0 Å². The Hall–Kier alpha value is -1.84. The van der Waals surface area contributed by atoms with Gasteiger partial charge in [0, 0.05) is 48.0 Å². The predicted octanol–water partition coefficient (Wildman–Crippen LogP) is 1.91. The largest absolute Gasteiger partial charge is 1.00 e. The SMILES string of the molecule is Cc1ccc(N2CCN(C(=O)c3ccc4nc(-c5ccc(Cl)cc5)c(CCCC[O-])nc4c3)CC2)cc1.[K+]. The van der Waals surface area contributed by atoms with Crippen LogP contribution in [0.4, 0.5) is 5.69 Å². The molecule has 0 unspecified atom stereocenters. The van der Waals surface area contributed by atoms with E-state index in [1.54, 1.807) is 0 Å². The van der Waals surface area contributed by atoms with Crippen molar-refractivity contribution in [2.75, 3.05) is 37.7 Å². The second-order valence-electron chi connectivity index (χ2n) is 9.51. The van der Waals surface area contributed by atoms with Crippen LogP contribution in [0.5, 0.6) is 0 Å². The third kappa shape index (κ3) is 6.83. The van der Waals surface area contributed by atoms with Gasteiger partial charge in [0.25, 0.3) is 5.91 Å². The van der Waals surface area contributed by atoms with Crippen molar-refractivity contribution < 1.29 is 61.3 Å². The average molecular weight is 553 g/mol. The number of aromatic nitrogens is 2. The smallest absolute Gasteiger partial charge is 0.854 e. The van der Waals surface area contributed by atoms with Crippen molar-refractivity contribution in [3.63, 3.8) is 0 Å². The van der Waals surface area contributed by atoms with E-state index >= 15 is 0 Å². The number of amides is 1. The molecule has 38 heavy (non-hydrogen) atoms. The van der Waals surface area contributed by atoms with Crippen LogP contribution in [0.1, 0.15) is 34.5 Å². The van der Waals surface area contributed by atoms with Crippen molar-refractivity contribution in [2.24, 2.45) is 0 Å². The van der Waals surface area contributed by atoms with Crippen LogP contribution in [0, 0.1) is 6.92 Å². The molecule has 1 aromatic heterocycles. The van der Waals surface area contributed by atoms with E-state index in [1.165, 1.54) is 11.3 Å². The van der Waals surface area contributed by atoms with Gasteiger partial charge in [-0.25, -0.2) is 9.97 Å². The first-order valence-electron chi connectivity index (χ1n) is 12.8. The van der Waals surface area contributed by atoms with Gasteiger partial charge in [0.15, 0.2) is 0 Å². The molecule has 0 saturated carbocycles. The number of halogens is 1. The first-order chi connectivity index (χ1) is 18.0. The quantitative estimate of drug-likeness (QED) is 0.259. The van der Waals surface area contributed by atoms with Crippen LogP contribution in [-0.2, 0) is 6.42 Å². The maximum absolute atomic E-state index is 13.4. The summed E-state index contributed by atoms with van der Waals surface area (Å²) in [5.74, 6) is 0.0157. The molecule has 6 nitrogen and oxygen atoms in total. The minimum Gasteiger partial charge on any atom is -0.854 e. The van der Waals surface area contributed by atoms with E-state index < -0.39 is 0 Å². The number of piperazine rings is 1. The number of fused-ring (bicyclic) bond motifs is 1. The number of anilines is 1. The number of aryl methyl sites for hydroxylation is 2. The van der Waals surface area contributed by atoms with Gasteiger partial charge in [-0.3, -0.25) is 4.79 Å². The molecular formula is C30H30ClKN4O2. The molecule has 0 spiro atoms. The van der Waals surface area contributed by atoms with Crippen molar-refractivity contribution in [3.05, 3.63) is 88.6 Å². The number of hydrogen-bond donors (Lipinski definition) is 0. The summed E-state index contributed by atoms with van der Waals surface area (Å²) in [5.41, 5.74) is 7.04. The second kappa shape index (κ2) is 13.5. The summed E-state index contributed by atoms with van der Waals surface area (Å²) in [6.07, 6.45) is 1.99. The fourth-order valence-corrected chi connectivity index (χ4v) is 4.86. The van der Waals surface area contributed by atoms with Crippen molar-refractivity contribution in [1.29, 1.82) is 0 Å². The summed E-state index contributed by atoms with van der Waals surface area (Å²) in [7, 11) is 0. The van der Waals surface area contributed by atoms with E-state index in [0.29, 0.717) is 42.0 Å². The standard InChI is InChI=1S/C30H30ClN4O2.K/c1-21-5-12-25(13-6-21)34-15-17-35(18-16-34)30(37)23-9-14-26-28(20-23)32-27(4-2-3-19-36)29(33-26)22-7-10-24(31)11-8-22;/h5-14,20H,2-4,15-19H2,1H3;/q-1;+1. The number of carbonyl (C=O) groups is 1. The van der Waals surface area contributed by atoms with Gasteiger partial charge >= 0.3 is 51.4 Å². The molecule has 0 radical (unpaired) electrons. The van der Waals surface area contributed by atoms with Crippen LogP contribution >= 0.6 is 11.6 Å². The summed E-state index contributed by atoms with van der Waals surface area (Å²) in [6.45, 7) is 4.93. The summed E-state index contributed by atoms with van der Waals surface area (Å²) >= 11 is 6.08. The molecule has 4 aromatic rings. The fraction of sp³-hybridized carbons (Fsp3) is 0.300. The Morgan fingerprint density at radius 2 is 1.61 bits per heavy atom. The number of hydrogen-bond acceptors (Lipinski definition) is 5. The second-order valence-corrected chi connectivity index (χ2v) is 9.94. The van der Waals surface area contributed by atoms with Gasteiger partial charge in [-0.05, 0) is 62.2 Å². The molecule has 2 heterocycles. The topological polar surface area (TPSA) is 72.4 Å². The van der Waals surface area contributed by atoms with Crippen molar-refractivity contribution in [3.8, 4) is 11.3 Å². The van der Waals surface area contributed by atoms with Crippen molar-refractivity contribution in [2.45, 2.75) is 26.2 Å². The number of nitrogens with zero attached hydrogens (tertiary/aromatic N) is 4. The van der Waals surface area contributed by atoms with Gasteiger partial charge in [-0.2, -0.15) is 0 Å². The van der Waals surface area contributed by atoms with Crippen LogP contribution in [-0.4, -0.2) is 53.6 Å². The van der Waals surface area contributed by atoms with Crippen molar-refractivity contribution >= 4 is 34.2 Å². The van der Waals surface area contributed by atoms with Crippen LogP contribution < -0.4 is 61.4 Å². The van der Waals surface area contributed by atoms with E-state index in [4.69, 9.17) is 21.6 Å². The minimum atomic E-state index is -0.104. The van der Waals surface area contributed by atoms with E-state index in [9.17, 15) is 9.90 Å². The Kier molecular flexibility index (Phi) is 10.3. The van der Waals surface area contributed by atoms with E-state index in [-0.39, 0.29) is 63.9 Å². The molecule has 5 rings (SSSR count). The average Bonchev–Trinajstić information content (AvgIpc) is 2.93. The number of rotatable bonds is 7. The third-order valence-electron chi connectivity index (χ3n) is 6.87. The van der Waals surface area contributed by atoms with Crippen LogP contribution in [0.2, 0.25) is 5.02 Å². The molecule has 0 atom stereocenters. The van der Waals surface area contributed by atoms with Crippen LogP contribution in [0.25, 0.3) is 22.3 Å². The summed E-state index contributed by atoms with van der Waals surface area (Å²) in [6, 6.07) is 21.6. The molecule has 0 N–H and O–H groups in total. The summed E-state index contributed by atoms with van der Waals surface area (Å²) < 4.78 is 0. The zero-order valence-corrected chi connectivity index (χ0v) is 25.9. The van der Waals surface area contributed by atoms with Crippen LogP contribution in [0.3, 0.4) is 0 Å². The van der Waals surface area contributed by atoms with Gasteiger partial charge in [-0.1, -0.05) is 47.9 Å². The zero-order valence-electron chi connectivity index (χ0n) is 22.0. The molecule has 1 amide bonds. The van der Waals surface area contributed by atoms with Gasteiger partial charge in [-0.15, -0.1) is 6.61 Å². The molecule has 1 aliphatic heterocycles.